The van der Waals surface area contributed by atoms with Crippen LogP contribution in [0.4, 0.5) is 5.82 Å². The Morgan fingerprint density at radius 2 is 1.83 bits per heavy atom. The number of benzene rings is 2. The van der Waals surface area contributed by atoms with Crippen molar-refractivity contribution in [1.82, 2.24) is 14.7 Å². The molecule has 4 aliphatic rings. The molecule has 2 aromatic heterocycles. The van der Waals surface area contributed by atoms with Gasteiger partial charge in [0.2, 0.25) is 23.6 Å². The molecule has 6 unspecified atom stereocenters. The SMILES string of the molecule is COc1cc(C2C3=CCC4C(=O)N(CCC(=O)O)C(=O)C4C3CC3C(=O)N(c4cc(-c5sc6ccc(Cl)cc6c5C)nn4C)C(=O)C32C)cc(Cl)c1O. The molecular weight excluding hydrogens is 743 g/mol. The van der Waals surface area contributed by atoms with Crippen LogP contribution in [0.1, 0.15) is 43.2 Å². The summed E-state index contributed by atoms with van der Waals surface area (Å²) in [6.45, 7) is 3.47. The normalized spacial score (nSPS) is 26.6. The summed E-state index contributed by atoms with van der Waals surface area (Å²) < 4.78 is 7.98. The number of carboxylic acids is 1. The highest BCUT2D eigenvalue weighted by Gasteiger charge is 2.68. The van der Waals surface area contributed by atoms with E-state index in [0.717, 1.165) is 25.4 Å². The summed E-state index contributed by atoms with van der Waals surface area (Å²) in [6, 6.07) is 10.5. The van der Waals surface area contributed by atoms with E-state index in [-0.39, 0.29) is 48.1 Å². The maximum absolute atomic E-state index is 15.1. The number of halogens is 2. The number of thiophene rings is 1. The van der Waals surface area contributed by atoms with Crippen molar-refractivity contribution < 1.29 is 38.9 Å². The van der Waals surface area contributed by atoms with Gasteiger partial charge in [-0.1, -0.05) is 34.9 Å². The molecule has 4 heterocycles. The van der Waals surface area contributed by atoms with E-state index in [1.165, 1.54) is 28.0 Å². The van der Waals surface area contributed by atoms with Crippen LogP contribution in [0.2, 0.25) is 10.0 Å². The van der Waals surface area contributed by atoms with E-state index in [9.17, 15) is 29.4 Å². The largest absolute Gasteiger partial charge is 0.503 e. The number of rotatable bonds is 7. The monoisotopic (exact) mass is 776 g/mol. The molecule has 1 saturated carbocycles. The lowest BCUT2D eigenvalue weighted by Crippen LogP contribution is -2.49. The van der Waals surface area contributed by atoms with E-state index in [0.29, 0.717) is 21.9 Å². The predicted molar refractivity (Wildman–Crippen MR) is 197 cm³/mol. The van der Waals surface area contributed by atoms with Crippen LogP contribution in [0, 0.1) is 36.0 Å². The molecule has 4 amide bonds. The third kappa shape index (κ3) is 5.07. The molecule has 2 aliphatic carbocycles. The molecule has 8 rings (SSSR count). The summed E-state index contributed by atoms with van der Waals surface area (Å²) in [5.41, 5.74) is 1.37. The smallest absolute Gasteiger partial charge is 0.305 e. The first kappa shape index (κ1) is 35.3. The minimum atomic E-state index is -1.39. The van der Waals surface area contributed by atoms with Gasteiger partial charge in [0.05, 0.1) is 46.6 Å². The number of imide groups is 2. The molecule has 12 nitrogen and oxygen atoms in total. The lowest BCUT2D eigenvalue weighted by molar-refractivity contribution is -0.142. The van der Waals surface area contributed by atoms with E-state index in [1.54, 1.807) is 32.2 Å². The number of methoxy groups -OCH3 is 1. The average molecular weight is 778 g/mol. The summed E-state index contributed by atoms with van der Waals surface area (Å²) in [4.78, 5) is 71.8. The number of carboxylic acid groups (broad SMARTS) is 1. The van der Waals surface area contributed by atoms with Crippen molar-refractivity contribution in [3.8, 4) is 22.1 Å². The Bertz CT molecular complexity index is 2350. The molecule has 0 bridgehead atoms. The number of hydrogen-bond acceptors (Lipinski definition) is 9. The molecule has 2 aliphatic heterocycles. The van der Waals surface area contributed by atoms with Gasteiger partial charge in [0.25, 0.3) is 0 Å². The van der Waals surface area contributed by atoms with Crippen molar-refractivity contribution in [2.45, 2.75) is 39.0 Å². The van der Waals surface area contributed by atoms with Gasteiger partial charge in [-0.25, -0.2) is 4.90 Å². The van der Waals surface area contributed by atoms with E-state index in [2.05, 4.69) is 0 Å². The summed E-state index contributed by atoms with van der Waals surface area (Å²) in [5, 5.41) is 26.3. The second-order valence-electron chi connectivity index (χ2n) is 14.4. The Balaban J connectivity index is 1.25. The number of allylic oxidation sites excluding steroid dienone is 2. The predicted octanol–water partition coefficient (Wildman–Crippen LogP) is 6.34. The Kier molecular flexibility index (Phi) is 8.28. The lowest BCUT2D eigenvalue weighted by Gasteiger charge is -2.49. The topological polar surface area (TPSA) is 159 Å². The molecule has 0 radical (unpaired) electrons. The van der Waals surface area contributed by atoms with Gasteiger partial charge in [-0.2, -0.15) is 5.10 Å². The van der Waals surface area contributed by atoms with E-state index in [1.807, 2.05) is 31.2 Å². The van der Waals surface area contributed by atoms with Crippen molar-refractivity contribution in [2.75, 3.05) is 18.6 Å². The van der Waals surface area contributed by atoms with Crippen LogP contribution in [-0.2, 0) is 31.0 Å². The zero-order valence-corrected chi connectivity index (χ0v) is 31.4. The van der Waals surface area contributed by atoms with Gasteiger partial charge in [0, 0.05) is 35.3 Å². The summed E-state index contributed by atoms with van der Waals surface area (Å²) >= 11 is 14.4. The van der Waals surface area contributed by atoms with Crippen molar-refractivity contribution in [3.63, 3.8) is 0 Å². The van der Waals surface area contributed by atoms with Crippen molar-refractivity contribution >= 4 is 80.0 Å². The molecule has 15 heteroatoms. The maximum atomic E-state index is 15.1. The van der Waals surface area contributed by atoms with Crippen LogP contribution in [0.5, 0.6) is 11.5 Å². The Labute approximate surface area is 317 Å². The molecule has 4 aromatic rings. The number of likely N-dealkylation sites (tertiary alicyclic amines) is 1. The van der Waals surface area contributed by atoms with Crippen LogP contribution >= 0.6 is 34.5 Å². The van der Waals surface area contributed by atoms with Crippen molar-refractivity contribution in [2.24, 2.45) is 36.1 Å². The van der Waals surface area contributed by atoms with E-state index < -0.39 is 64.6 Å². The minimum Gasteiger partial charge on any atom is -0.503 e. The quantitative estimate of drug-likeness (QED) is 0.161. The highest BCUT2D eigenvalue weighted by atomic mass is 35.5. The fraction of sp³-hybridized carbons (Fsp3) is 0.368. The maximum Gasteiger partial charge on any atom is 0.305 e. The zero-order chi connectivity index (χ0) is 37.8. The van der Waals surface area contributed by atoms with Crippen molar-refractivity contribution in [1.29, 1.82) is 0 Å². The molecule has 2 N–H and O–H groups in total. The van der Waals surface area contributed by atoms with Crippen LogP contribution in [0.15, 0.2) is 48.0 Å². The van der Waals surface area contributed by atoms with Crippen molar-refractivity contribution in [3.05, 3.63) is 69.2 Å². The average Bonchev–Trinajstić information content (AvgIpc) is 3.78. The number of fused-ring (bicyclic) bond motifs is 5. The number of carbonyl (C=O) groups excluding carboxylic acids is 4. The third-order valence-electron chi connectivity index (χ3n) is 11.7. The van der Waals surface area contributed by atoms with Gasteiger partial charge in [0.1, 0.15) is 11.5 Å². The van der Waals surface area contributed by atoms with Gasteiger partial charge in [-0.15, -0.1) is 11.3 Å². The van der Waals surface area contributed by atoms with Gasteiger partial charge in [0.15, 0.2) is 11.5 Å². The first-order valence-electron chi connectivity index (χ1n) is 17.1. The zero-order valence-electron chi connectivity index (χ0n) is 29.1. The fourth-order valence-electron chi connectivity index (χ4n) is 9.24. The van der Waals surface area contributed by atoms with Gasteiger partial charge < -0.3 is 14.9 Å². The second kappa shape index (κ2) is 12.4. The lowest BCUT2D eigenvalue weighted by atomic mass is 9.51. The fourth-order valence-corrected chi connectivity index (χ4v) is 10.8. The number of nitrogens with zero attached hydrogens (tertiary/aromatic N) is 4. The standard InChI is InChI=1S/C38H34Cl2N4O8S/c1-16-21-13-18(39)5-8-27(21)53-33(16)25-15-28(42(3)41-25)44-35(49)23-14-22-19(6-7-20-30(22)36(50)43(34(20)48)10-9-29(45)46)31(38(23,2)37(44)51)17-11-24(40)32(47)26(12-17)52-4/h5-6,8,11-13,15,20,22-23,30-31,47H,7,9-10,14H2,1-4H3,(H,45,46). The molecule has 2 aromatic carbocycles. The molecule has 274 valence electrons. The molecule has 0 spiro atoms. The molecule has 3 fully saturated rings. The number of hydrogen-bond donors (Lipinski definition) is 2. The minimum absolute atomic E-state index is 0.0206. The Morgan fingerprint density at radius 1 is 1.08 bits per heavy atom. The number of aliphatic carboxylic acids is 1. The first-order chi connectivity index (χ1) is 25.2. The number of phenols is 1. The summed E-state index contributed by atoms with van der Waals surface area (Å²) in [5.74, 6) is -6.84. The number of ether oxygens (including phenoxy) is 1. The van der Waals surface area contributed by atoms with Gasteiger partial charge in [-0.3, -0.25) is 33.6 Å². The molecule has 2 saturated heterocycles. The summed E-state index contributed by atoms with van der Waals surface area (Å²) in [6.07, 6.45) is 1.80. The number of aromatic nitrogens is 2. The van der Waals surface area contributed by atoms with E-state index >= 15 is 4.79 Å². The van der Waals surface area contributed by atoms with Crippen LogP contribution < -0.4 is 9.64 Å². The van der Waals surface area contributed by atoms with E-state index in [4.69, 9.17) is 33.0 Å². The molecule has 6 atom stereocenters. The Hall–Kier alpha value is -4.72. The number of anilines is 1. The highest BCUT2D eigenvalue weighted by molar-refractivity contribution is 7.22. The Morgan fingerprint density at radius 3 is 2.55 bits per heavy atom. The number of aromatic hydroxyl groups is 1. The number of aryl methyl sites for hydroxylation is 2. The number of carbonyl (C=O) groups is 5. The second-order valence-corrected chi connectivity index (χ2v) is 16.3. The summed E-state index contributed by atoms with van der Waals surface area (Å²) in [7, 11) is 3.05. The third-order valence-corrected chi connectivity index (χ3v) is 13.6. The first-order valence-corrected chi connectivity index (χ1v) is 18.7. The number of phenolic OH excluding ortho intramolecular Hbond substituents is 1. The van der Waals surface area contributed by atoms with Gasteiger partial charge >= 0.3 is 5.97 Å². The van der Waals surface area contributed by atoms with Crippen LogP contribution in [0.25, 0.3) is 20.7 Å². The van der Waals surface area contributed by atoms with Crippen LogP contribution in [0.3, 0.4) is 0 Å². The van der Waals surface area contributed by atoms with Gasteiger partial charge in [-0.05, 0) is 79.5 Å². The highest BCUT2D eigenvalue weighted by Crippen LogP contribution is 2.64. The molecule has 53 heavy (non-hydrogen) atoms. The van der Waals surface area contributed by atoms with Crippen LogP contribution in [-0.4, -0.2) is 68.1 Å². The molecular formula is C38H34Cl2N4O8S. The number of amides is 4.